The van der Waals surface area contributed by atoms with Crippen molar-refractivity contribution in [2.24, 2.45) is 5.92 Å². The highest BCUT2D eigenvalue weighted by molar-refractivity contribution is 5.82. The average molecular weight is 271 g/mol. The summed E-state index contributed by atoms with van der Waals surface area (Å²) in [4.78, 5) is 27.1. The van der Waals surface area contributed by atoms with Crippen LogP contribution in [-0.4, -0.2) is 66.2 Å². The van der Waals surface area contributed by atoms with Crippen molar-refractivity contribution < 1.29 is 14.7 Å². The van der Waals surface area contributed by atoms with Crippen molar-refractivity contribution in [1.82, 2.24) is 15.1 Å². The number of nitrogens with zero attached hydrogens (tertiary/aromatic N) is 2. The van der Waals surface area contributed by atoms with Crippen LogP contribution in [0.4, 0.5) is 4.79 Å². The number of hydrogen-bond acceptors (Lipinski definition) is 3. The second-order valence-corrected chi connectivity index (χ2v) is 5.61. The predicted octanol–water partition coefficient (Wildman–Crippen LogP) is 0.833. The Labute approximate surface area is 114 Å². The minimum absolute atomic E-state index is 0.233. The van der Waals surface area contributed by atoms with E-state index in [4.69, 9.17) is 5.11 Å². The van der Waals surface area contributed by atoms with Crippen LogP contribution in [0.5, 0.6) is 0 Å². The lowest BCUT2D eigenvalue weighted by molar-refractivity contribution is -0.139. The van der Waals surface area contributed by atoms with Crippen LogP contribution in [0.15, 0.2) is 0 Å². The number of hydrogen-bond donors (Lipinski definition) is 2. The van der Waals surface area contributed by atoms with Crippen molar-refractivity contribution >= 4 is 12.0 Å². The number of urea groups is 1. The number of amides is 2. The van der Waals surface area contributed by atoms with E-state index >= 15 is 0 Å². The minimum Gasteiger partial charge on any atom is -0.480 e. The monoisotopic (exact) mass is 271 g/mol. The molecule has 0 bridgehead atoms. The van der Waals surface area contributed by atoms with Crippen molar-refractivity contribution in [1.29, 1.82) is 0 Å². The summed E-state index contributed by atoms with van der Waals surface area (Å²) in [7, 11) is 2.03. The predicted molar refractivity (Wildman–Crippen MR) is 73.1 cm³/mol. The molecule has 0 aromatic rings. The maximum atomic E-state index is 12.1. The van der Waals surface area contributed by atoms with Gasteiger partial charge in [0.05, 0.1) is 0 Å². The molecule has 1 aliphatic rings. The molecule has 0 aromatic carbocycles. The molecule has 0 spiro atoms. The zero-order valence-electron chi connectivity index (χ0n) is 12.1. The molecule has 0 saturated carbocycles. The number of rotatable bonds is 4. The summed E-state index contributed by atoms with van der Waals surface area (Å²) in [5, 5.41) is 11.8. The van der Waals surface area contributed by atoms with Gasteiger partial charge in [0.25, 0.3) is 0 Å². The van der Waals surface area contributed by atoms with Gasteiger partial charge in [0.15, 0.2) is 0 Å². The van der Waals surface area contributed by atoms with Gasteiger partial charge in [-0.15, -0.1) is 0 Å². The van der Waals surface area contributed by atoms with Gasteiger partial charge in [-0.1, -0.05) is 13.8 Å². The molecule has 1 aliphatic heterocycles. The first kappa shape index (κ1) is 15.8. The number of nitrogens with one attached hydrogen (secondary N) is 1. The van der Waals surface area contributed by atoms with E-state index in [9.17, 15) is 9.59 Å². The SMILES string of the molecule is CC(C)C[C@H](NC(=O)N1CCCN(C)CC1)C(=O)O. The van der Waals surface area contributed by atoms with Gasteiger partial charge in [-0.05, 0) is 32.4 Å². The Kier molecular flexibility index (Phi) is 6.08. The van der Waals surface area contributed by atoms with Crippen LogP contribution in [0, 0.1) is 5.92 Å². The highest BCUT2D eigenvalue weighted by Crippen LogP contribution is 2.07. The average Bonchev–Trinajstić information content (AvgIpc) is 2.52. The third kappa shape index (κ3) is 5.46. The third-order valence-corrected chi connectivity index (χ3v) is 3.31. The molecule has 1 fully saturated rings. The molecule has 0 aliphatic carbocycles. The van der Waals surface area contributed by atoms with Crippen LogP contribution in [-0.2, 0) is 4.79 Å². The Balaban J connectivity index is 2.53. The number of likely N-dealkylation sites (N-methyl/N-ethyl adjacent to an activating group) is 1. The molecule has 2 N–H and O–H groups in total. The largest absolute Gasteiger partial charge is 0.480 e. The Morgan fingerprint density at radius 2 is 1.89 bits per heavy atom. The van der Waals surface area contributed by atoms with Crippen molar-refractivity contribution in [2.75, 3.05) is 33.2 Å². The van der Waals surface area contributed by atoms with Gasteiger partial charge in [-0.25, -0.2) is 9.59 Å². The summed E-state index contributed by atoms with van der Waals surface area (Å²) in [5.74, 6) is -0.731. The molecule has 0 unspecified atom stereocenters. The van der Waals surface area contributed by atoms with Crippen LogP contribution in [0.2, 0.25) is 0 Å². The molecule has 1 rings (SSSR count). The Hall–Kier alpha value is -1.30. The molecule has 0 aromatic heterocycles. The van der Waals surface area contributed by atoms with E-state index in [0.29, 0.717) is 19.5 Å². The zero-order valence-corrected chi connectivity index (χ0v) is 12.1. The molecule has 1 atom stereocenters. The van der Waals surface area contributed by atoms with E-state index in [-0.39, 0.29) is 11.9 Å². The normalized spacial score (nSPS) is 19.1. The van der Waals surface area contributed by atoms with E-state index < -0.39 is 12.0 Å². The lowest BCUT2D eigenvalue weighted by Gasteiger charge is -2.24. The summed E-state index contributed by atoms with van der Waals surface area (Å²) >= 11 is 0. The molecular formula is C13H25N3O3. The smallest absolute Gasteiger partial charge is 0.326 e. The zero-order chi connectivity index (χ0) is 14.4. The van der Waals surface area contributed by atoms with Crippen LogP contribution < -0.4 is 5.32 Å². The topological polar surface area (TPSA) is 72.9 Å². The van der Waals surface area contributed by atoms with E-state index in [2.05, 4.69) is 10.2 Å². The maximum absolute atomic E-state index is 12.1. The van der Waals surface area contributed by atoms with E-state index in [1.165, 1.54) is 0 Å². The van der Waals surface area contributed by atoms with Crippen molar-refractivity contribution in [3.63, 3.8) is 0 Å². The van der Waals surface area contributed by atoms with Gasteiger partial charge in [-0.2, -0.15) is 0 Å². The second kappa shape index (κ2) is 7.33. The molecule has 110 valence electrons. The first-order valence-corrected chi connectivity index (χ1v) is 6.87. The van der Waals surface area contributed by atoms with E-state index in [1.807, 2.05) is 20.9 Å². The van der Waals surface area contributed by atoms with E-state index in [0.717, 1.165) is 19.5 Å². The molecular weight excluding hydrogens is 246 g/mol. The van der Waals surface area contributed by atoms with Crippen molar-refractivity contribution in [3.8, 4) is 0 Å². The maximum Gasteiger partial charge on any atom is 0.326 e. The number of carbonyl (C=O) groups excluding carboxylic acids is 1. The van der Waals surface area contributed by atoms with Crippen molar-refractivity contribution in [2.45, 2.75) is 32.7 Å². The molecule has 6 nitrogen and oxygen atoms in total. The summed E-state index contributed by atoms with van der Waals surface area (Å²) in [5.41, 5.74) is 0. The Morgan fingerprint density at radius 1 is 1.21 bits per heavy atom. The number of carbonyl (C=O) groups is 2. The van der Waals surface area contributed by atoms with E-state index in [1.54, 1.807) is 4.90 Å². The summed E-state index contributed by atoms with van der Waals surface area (Å²) in [6.07, 6.45) is 1.38. The Bertz CT molecular complexity index is 320. The first-order valence-electron chi connectivity index (χ1n) is 6.87. The quantitative estimate of drug-likeness (QED) is 0.794. The fourth-order valence-electron chi connectivity index (χ4n) is 2.18. The molecule has 19 heavy (non-hydrogen) atoms. The molecule has 0 radical (unpaired) electrons. The Morgan fingerprint density at radius 3 is 2.47 bits per heavy atom. The van der Waals surface area contributed by atoms with Crippen molar-refractivity contribution in [3.05, 3.63) is 0 Å². The van der Waals surface area contributed by atoms with Crippen LogP contribution >= 0.6 is 0 Å². The number of carboxylic acid groups (broad SMARTS) is 1. The number of carboxylic acids is 1. The highest BCUT2D eigenvalue weighted by Gasteiger charge is 2.24. The summed E-state index contributed by atoms with van der Waals surface area (Å²) in [6.45, 7) is 7.03. The van der Waals surface area contributed by atoms with Crippen LogP contribution in [0.25, 0.3) is 0 Å². The molecule has 2 amide bonds. The first-order chi connectivity index (χ1) is 8.90. The lowest BCUT2D eigenvalue weighted by atomic mass is 10.0. The molecule has 1 heterocycles. The molecule has 1 saturated heterocycles. The number of aliphatic carboxylic acids is 1. The standard InChI is InChI=1S/C13H25N3O3/c1-10(2)9-11(12(17)18)14-13(19)16-6-4-5-15(3)7-8-16/h10-11H,4-9H2,1-3H3,(H,14,19)(H,17,18)/t11-/m0/s1. The summed E-state index contributed by atoms with van der Waals surface area (Å²) < 4.78 is 0. The molecule has 6 heteroatoms. The van der Waals surface area contributed by atoms with Crippen LogP contribution in [0.3, 0.4) is 0 Å². The van der Waals surface area contributed by atoms with Crippen LogP contribution in [0.1, 0.15) is 26.7 Å². The van der Waals surface area contributed by atoms with Gasteiger partial charge in [-0.3, -0.25) is 0 Å². The second-order valence-electron chi connectivity index (χ2n) is 5.61. The minimum atomic E-state index is -0.964. The summed E-state index contributed by atoms with van der Waals surface area (Å²) in [6, 6.07) is -1.06. The highest BCUT2D eigenvalue weighted by atomic mass is 16.4. The van der Waals surface area contributed by atoms with Gasteiger partial charge >= 0.3 is 12.0 Å². The fraction of sp³-hybridized carbons (Fsp3) is 0.846. The van der Waals surface area contributed by atoms with Gasteiger partial charge in [0, 0.05) is 19.6 Å². The van der Waals surface area contributed by atoms with Gasteiger partial charge in [0.2, 0.25) is 0 Å². The van der Waals surface area contributed by atoms with Gasteiger partial charge < -0.3 is 20.2 Å². The third-order valence-electron chi connectivity index (χ3n) is 3.31. The lowest BCUT2D eigenvalue weighted by Crippen LogP contribution is -2.49. The fourth-order valence-corrected chi connectivity index (χ4v) is 2.18. The van der Waals surface area contributed by atoms with Gasteiger partial charge in [0.1, 0.15) is 6.04 Å².